The number of carbonyl (C=O) groups excluding carboxylic acids is 2. The molecule has 0 saturated carbocycles. The average molecular weight is 367 g/mol. The van der Waals surface area contributed by atoms with E-state index < -0.39 is 23.5 Å². The Morgan fingerprint density at radius 3 is 2.85 bits per heavy atom. The van der Waals surface area contributed by atoms with Crippen LogP contribution in [0.25, 0.3) is 0 Å². The Morgan fingerprint density at radius 1 is 1.26 bits per heavy atom. The summed E-state index contributed by atoms with van der Waals surface area (Å²) in [5.41, 5.74) is 0.190. The van der Waals surface area contributed by atoms with Gasteiger partial charge in [-0.3, -0.25) is 14.6 Å². The van der Waals surface area contributed by atoms with Gasteiger partial charge in [0, 0.05) is 19.2 Å². The molecule has 2 aromatic rings. The molecule has 3 aliphatic heterocycles. The summed E-state index contributed by atoms with van der Waals surface area (Å²) in [6, 6.07) is 10.6. The van der Waals surface area contributed by atoms with E-state index in [4.69, 9.17) is 4.74 Å². The summed E-state index contributed by atoms with van der Waals surface area (Å²) < 4.78 is 20.2. The van der Waals surface area contributed by atoms with Crippen LogP contribution in [0, 0.1) is 5.82 Å². The van der Waals surface area contributed by atoms with Crippen molar-refractivity contribution in [1.82, 2.24) is 14.8 Å². The van der Waals surface area contributed by atoms with Crippen molar-refractivity contribution < 1.29 is 18.7 Å². The van der Waals surface area contributed by atoms with Gasteiger partial charge in [-0.1, -0.05) is 30.3 Å². The van der Waals surface area contributed by atoms with Gasteiger partial charge >= 0.3 is 0 Å². The lowest BCUT2D eigenvalue weighted by Gasteiger charge is -2.33. The lowest BCUT2D eigenvalue weighted by molar-refractivity contribution is -0.138. The van der Waals surface area contributed by atoms with E-state index in [-0.39, 0.29) is 23.9 Å². The molecule has 1 aromatic heterocycles. The molecule has 0 aliphatic carbocycles. The molecule has 3 aliphatic rings. The van der Waals surface area contributed by atoms with Crippen LogP contribution in [0.5, 0.6) is 0 Å². The zero-order chi connectivity index (χ0) is 18.6. The summed E-state index contributed by atoms with van der Waals surface area (Å²) in [7, 11) is 0. The molecule has 2 amide bonds. The molecule has 5 rings (SSSR count). The number of carbonyl (C=O) groups is 2. The number of rotatable bonds is 2. The van der Waals surface area contributed by atoms with Gasteiger partial charge in [0.2, 0.25) is 5.91 Å². The third-order valence-electron chi connectivity index (χ3n) is 5.90. The van der Waals surface area contributed by atoms with Crippen LogP contribution >= 0.6 is 0 Å². The van der Waals surface area contributed by atoms with Gasteiger partial charge in [-0.2, -0.15) is 0 Å². The summed E-state index contributed by atoms with van der Waals surface area (Å²) in [5.74, 6) is -1.10. The minimum atomic E-state index is -0.809. The number of nitrogens with zero attached hydrogens (tertiary/aromatic N) is 3. The maximum Gasteiger partial charge on any atom is 0.257 e. The van der Waals surface area contributed by atoms with E-state index in [9.17, 15) is 14.0 Å². The van der Waals surface area contributed by atoms with E-state index in [1.54, 1.807) is 4.90 Å². The zero-order valence-electron chi connectivity index (χ0n) is 14.5. The molecule has 0 bridgehead atoms. The number of aromatic nitrogens is 1. The van der Waals surface area contributed by atoms with Crippen molar-refractivity contribution in [3.05, 3.63) is 65.7 Å². The van der Waals surface area contributed by atoms with Crippen molar-refractivity contribution >= 4 is 11.8 Å². The second kappa shape index (κ2) is 5.85. The lowest BCUT2D eigenvalue weighted by Crippen LogP contribution is -2.49. The van der Waals surface area contributed by atoms with Crippen LogP contribution in [0.2, 0.25) is 0 Å². The highest BCUT2D eigenvalue weighted by Crippen LogP contribution is 2.51. The molecule has 1 spiro atoms. The lowest BCUT2D eigenvalue weighted by atomic mass is 10.0. The molecule has 0 unspecified atom stereocenters. The second-order valence-corrected chi connectivity index (χ2v) is 7.17. The number of benzene rings is 1. The number of hydrogen-bond donors (Lipinski definition) is 0. The first-order valence-electron chi connectivity index (χ1n) is 9.03. The Hall–Kier alpha value is -2.80. The highest BCUT2D eigenvalue weighted by Gasteiger charge is 2.65. The van der Waals surface area contributed by atoms with Crippen LogP contribution in [-0.4, -0.2) is 51.5 Å². The monoisotopic (exact) mass is 367 g/mol. The molecule has 0 N–H and O–H groups in total. The second-order valence-electron chi connectivity index (χ2n) is 7.17. The predicted octanol–water partition coefficient (Wildman–Crippen LogP) is 2.14. The van der Waals surface area contributed by atoms with Crippen molar-refractivity contribution in [3.8, 4) is 0 Å². The van der Waals surface area contributed by atoms with Crippen molar-refractivity contribution in [2.24, 2.45) is 0 Å². The summed E-state index contributed by atoms with van der Waals surface area (Å²) >= 11 is 0. The van der Waals surface area contributed by atoms with Gasteiger partial charge in [0.1, 0.15) is 0 Å². The normalized spacial score (nSPS) is 29.1. The molecule has 27 heavy (non-hydrogen) atoms. The topological polar surface area (TPSA) is 62.7 Å². The standard InChI is InChI=1S/C20H18FN3O3/c21-15-11-22-8-6-14(15)19(26)23-9-7-20-17(23)10-18(25)24(20)16(12-27-20)13-4-2-1-3-5-13/h1-6,8,11,16-17H,7,9-10,12H2/t16-,17+,20-/m0/s1. The van der Waals surface area contributed by atoms with Crippen molar-refractivity contribution in [2.45, 2.75) is 30.7 Å². The summed E-state index contributed by atoms with van der Waals surface area (Å²) in [6.45, 7) is 0.828. The van der Waals surface area contributed by atoms with E-state index in [2.05, 4.69) is 4.98 Å². The molecule has 7 heteroatoms. The van der Waals surface area contributed by atoms with Crippen molar-refractivity contribution in [3.63, 3.8) is 0 Å². The zero-order valence-corrected chi connectivity index (χ0v) is 14.5. The van der Waals surface area contributed by atoms with Gasteiger partial charge in [-0.05, 0) is 11.6 Å². The third kappa shape index (κ3) is 2.24. The highest BCUT2D eigenvalue weighted by molar-refractivity contribution is 5.96. The molecule has 1 aromatic carbocycles. The Bertz CT molecular complexity index is 922. The SMILES string of the molecule is O=C(c1ccncc1F)N1CC[C@@]23OC[C@@H](c4ccccc4)N2C(=O)C[C@@H]13. The maximum absolute atomic E-state index is 14.0. The fourth-order valence-corrected chi connectivity index (χ4v) is 4.71. The molecule has 0 radical (unpaired) electrons. The Balaban J connectivity index is 1.48. The largest absolute Gasteiger partial charge is 0.351 e. The molecular weight excluding hydrogens is 349 g/mol. The van der Waals surface area contributed by atoms with E-state index in [1.807, 2.05) is 35.2 Å². The molecule has 3 atom stereocenters. The van der Waals surface area contributed by atoms with Crippen molar-refractivity contribution in [1.29, 1.82) is 0 Å². The fourth-order valence-electron chi connectivity index (χ4n) is 4.71. The Kier molecular flexibility index (Phi) is 3.55. The average Bonchev–Trinajstić information content (AvgIpc) is 3.31. The molecule has 6 nitrogen and oxygen atoms in total. The van der Waals surface area contributed by atoms with Crippen LogP contribution < -0.4 is 0 Å². The number of amides is 2. The van der Waals surface area contributed by atoms with Gasteiger partial charge in [-0.25, -0.2) is 4.39 Å². The number of halogens is 1. The van der Waals surface area contributed by atoms with Crippen LogP contribution in [0.3, 0.4) is 0 Å². The first kappa shape index (κ1) is 16.4. The minimum Gasteiger partial charge on any atom is -0.351 e. The van der Waals surface area contributed by atoms with E-state index in [1.165, 1.54) is 12.3 Å². The first-order valence-corrected chi connectivity index (χ1v) is 9.03. The molecular formula is C20H18FN3O3. The van der Waals surface area contributed by atoms with E-state index >= 15 is 0 Å². The smallest absolute Gasteiger partial charge is 0.257 e. The Morgan fingerprint density at radius 2 is 2.07 bits per heavy atom. The molecule has 3 fully saturated rings. The van der Waals surface area contributed by atoms with Crippen LogP contribution in [0.1, 0.15) is 34.8 Å². The van der Waals surface area contributed by atoms with Gasteiger partial charge in [0.25, 0.3) is 5.91 Å². The quantitative estimate of drug-likeness (QED) is 0.816. The predicted molar refractivity (Wildman–Crippen MR) is 93.0 cm³/mol. The molecule has 3 saturated heterocycles. The summed E-state index contributed by atoms with van der Waals surface area (Å²) in [6.07, 6.45) is 3.15. The van der Waals surface area contributed by atoms with Gasteiger partial charge in [0.15, 0.2) is 11.5 Å². The Labute approximate surface area is 155 Å². The summed E-state index contributed by atoms with van der Waals surface area (Å²) in [4.78, 5) is 32.9. The summed E-state index contributed by atoms with van der Waals surface area (Å²) in [5, 5.41) is 0. The van der Waals surface area contributed by atoms with Gasteiger partial charge < -0.3 is 14.5 Å². The van der Waals surface area contributed by atoms with E-state index in [0.717, 1.165) is 11.8 Å². The maximum atomic E-state index is 14.0. The first-order chi connectivity index (χ1) is 13.1. The number of hydrogen-bond acceptors (Lipinski definition) is 4. The molecule has 138 valence electrons. The van der Waals surface area contributed by atoms with Crippen LogP contribution in [-0.2, 0) is 9.53 Å². The van der Waals surface area contributed by atoms with Crippen LogP contribution in [0.4, 0.5) is 4.39 Å². The molecule has 4 heterocycles. The highest BCUT2D eigenvalue weighted by atomic mass is 19.1. The number of likely N-dealkylation sites (tertiary alicyclic amines) is 1. The van der Waals surface area contributed by atoms with Crippen LogP contribution in [0.15, 0.2) is 48.8 Å². The fraction of sp³-hybridized carbons (Fsp3) is 0.350. The van der Waals surface area contributed by atoms with Gasteiger partial charge in [0.05, 0.1) is 36.9 Å². The van der Waals surface area contributed by atoms with Crippen molar-refractivity contribution in [2.75, 3.05) is 13.2 Å². The van der Waals surface area contributed by atoms with E-state index in [0.29, 0.717) is 19.6 Å². The van der Waals surface area contributed by atoms with Gasteiger partial charge in [-0.15, -0.1) is 0 Å². The third-order valence-corrected chi connectivity index (χ3v) is 5.90. The minimum absolute atomic E-state index is 0.0226. The number of pyridine rings is 1. The number of ether oxygens (including phenoxy) is 1.